The van der Waals surface area contributed by atoms with Crippen molar-refractivity contribution in [3.63, 3.8) is 0 Å². The van der Waals surface area contributed by atoms with Crippen LogP contribution in [-0.2, 0) is 4.79 Å². The molecule has 4 fully saturated rings. The monoisotopic (exact) mass is 492 g/mol. The van der Waals surface area contributed by atoms with Crippen molar-refractivity contribution in [3.8, 4) is 0 Å². The van der Waals surface area contributed by atoms with Crippen LogP contribution in [0.3, 0.4) is 0 Å². The Morgan fingerprint density at radius 1 is 1.19 bits per heavy atom. The molecule has 5 heteroatoms. The first-order valence-corrected chi connectivity index (χ1v) is 11.9. The summed E-state index contributed by atoms with van der Waals surface area (Å²) < 4.78 is 14.6. The van der Waals surface area contributed by atoms with Gasteiger partial charge in [-0.2, -0.15) is 0 Å². The minimum atomic E-state index is -1.52. The van der Waals surface area contributed by atoms with Gasteiger partial charge in [0, 0.05) is 11.8 Å². The molecule has 0 saturated heterocycles. The van der Waals surface area contributed by atoms with E-state index < -0.39 is 20.4 Å². The number of alkyl halides is 3. The van der Waals surface area contributed by atoms with Gasteiger partial charge in [0.15, 0.2) is 5.78 Å². The number of ketones is 1. The largest absolute Gasteiger partial charge is 0.386 e. The number of carbonyl (C=O) groups excluding carboxylic acids is 1. The fraction of sp³-hybridized carbons (Fsp3) is 0.952. The van der Waals surface area contributed by atoms with Crippen LogP contribution in [0.25, 0.3) is 0 Å². The Bertz CT molecular complexity index is 625. The Morgan fingerprint density at radius 3 is 2.54 bits per heavy atom. The number of Topliss-reactive ketones (excluding diaryl/α,β-unsaturated/α-hetero) is 1. The molecule has 1 N–H and O–H groups in total. The van der Waals surface area contributed by atoms with E-state index in [0.29, 0.717) is 30.1 Å². The Hall–Kier alpha value is 0.520. The molecule has 4 aliphatic carbocycles. The topological polar surface area (TPSA) is 37.3 Å². The van der Waals surface area contributed by atoms with Gasteiger partial charge in [-0.1, -0.05) is 59.1 Å². The molecule has 8 atom stereocenters. The Morgan fingerprint density at radius 2 is 1.88 bits per heavy atom. The van der Waals surface area contributed by atoms with Crippen molar-refractivity contribution < 1.29 is 14.3 Å². The maximum Gasteiger partial charge on any atom is 0.163 e. The maximum absolute atomic E-state index is 15.5. The van der Waals surface area contributed by atoms with Crippen molar-refractivity contribution in [2.75, 3.05) is 0 Å². The van der Waals surface area contributed by atoms with Crippen LogP contribution in [0.1, 0.15) is 72.1 Å². The van der Waals surface area contributed by atoms with Crippen LogP contribution >= 0.6 is 31.9 Å². The van der Waals surface area contributed by atoms with Crippen LogP contribution in [0.15, 0.2) is 0 Å². The normalized spacial score (nSPS) is 55.8. The number of rotatable bonds is 1. The molecule has 4 saturated carbocycles. The summed E-state index contributed by atoms with van der Waals surface area (Å²) in [6, 6.07) is 0. The summed E-state index contributed by atoms with van der Waals surface area (Å²) in [5.74, 6) is 1.79. The molecule has 0 spiro atoms. The highest BCUT2D eigenvalue weighted by Gasteiger charge is 2.70. The Labute approximate surface area is 173 Å². The molecular formula is C21H31Br2FO2. The molecule has 0 radical (unpaired) electrons. The summed E-state index contributed by atoms with van der Waals surface area (Å²) in [5.41, 5.74) is -1.78. The van der Waals surface area contributed by atoms with E-state index in [0.717, 1.165) is 12.3 Å². The zero-order valence-electron chi connectivity index (χ0n) is 16.0. The van der Waals surface area contributed by atoms with Gasteiger partial charge in [-0.25, -0.2) is 4.39 Å². The summed E-state index contributed by atoms with van der Waals surface area (Å²) in [7, 11) is 0. The molecular weight excluding hydrogens is 463 g/mol. The van der Waals surface area contributed by atoms with Gasteiger partial charge >= 0.3 is 0 Å². The molecule has 4 rings (SSSR count). The van der Waals surface area contributed by atoms with Crippen molar-refractivity contribution >= 4 is 37.6 Å². The van der Waals surface area contributed by atoms with E-state index in [-0.39, 0.29) is 18.1 Å². The van der Waals surface area contributed by atoms with Crippen LogP contribution in [-0.4, -0.2) is 25.9 Å². The number of hydrogen-bond acceptors (Lipinski definition) is 2. The van der Waals surface area contributed by atoms with Crippen molar-refractivity contribution in [2.24, 2.45) is 34.5 Å². The van der Waals surface area contributed by atoms with Crippen molar-refractivity contribution in [2.45, 2.75) is 87.1 Å². The molecule has 148 valence electrons. The molecule has 0 aromatic rings. The molecule has 26 heavy (non-hydrogen) atoms. The number of halogens is 3. The lowest BCUT2D eigenvalue weighted by molar-refractivity contribution is -0.232. The van der Waals surface area contributed by atoms with E-state index >= 15 is 4.39 Å². The van der Waals surface area contributed by atoms with Crippen molar-refractivity contribution in [1.82, 2.24) is 0 Å². The highest BCUT2D eigenvalue weighted by Crippen LogP contribution is 2.70. The van der Waals surface area contributed by atoms with E-state index in [4.69, 9.17) is 0 Å². The molecule has 0 bridgehead atoms. The molecule has 2 nitrogen and oxygen atoms in total. The van der Waals surface area contributed by atoms with Crippen LogP contribution < -0.4 is 0 Å². The second-order valence-electron chi connectivity index (χ2n) is 10.1. The molecule has 4 aliphatic rings. The van der Waals surface area contributed by atoms with Crippen molar-refractivity contribution in [3.05, 3.63) is 0 Å². The highest BCUT2D eigenvalue weighted by atomic mass is 79.9. The zero-order chi connectivity index (χ0) is 19.1. The SMILES string of the molecule is CC[C@H]1CC[C@H]2[C@@H]3C[C@@H](F)[C@@]4(O)CC(=O)C(Br)(Br)C[C@]4(C)[C@H]3CC[C@]12C. The van der Waals surface area contributed by atoms with Crippen LogP contribution in [0.4, 0.5) is 4.39 Å². The number of carbonyl (C=O) groups is 1. The smallest absolute Gasteiger partial charge is 0.163 e. The van der Waals surface area contributed by atoms with Gasteiger partial charge in [0.2, 0.25) is 0 Å². The quantitative estimate of drug-likeness (QED) is 0.470. The third-order valence-corrected chi connectivity index (χ3v) is 10.8. The fourth-order valence-electron chi connectivity index (χ4n) is 7.83. The van der Waals surface area contributed by atoms with Crippen molar-refractivity contribution in [1.29, 1.82) is 0 Å². The third kappa shape index (κ3) is 2.38. The molecule has 0 aromatic heterocycles. The van der Waals surface area contributed by atoms with E-state index in [1.165, 1.54) is 25.7 Å². The van der Waals surface area contributed by atoms with E-state index in [9.17, 15) is 9.90 Å². The fourth-order valence-corrected chi connectivity index (χ4v) is 9.28. The first kappa shape index (κ1) is 19.8. The predicted molar refractivity (Wildman–Crippen MR) is 108 cm³/mol. The van der Waals surface area contributed by atoms with E-state index in [1.807, 2.05) is 0 Å². The minimum absolute atomic E-state index is 0.0933. The lowest BCUT2D eigenvalue weighted by atomic mass is 9.43. The second-order valence-corrected chi connectivity index (χ2v) is 13.9. The van der Waals surface area contributed by atoms with Crippen LogP contribution in [0.5, 0.6) is 0 Å². The molecule has 0 unspecified atom stereocenters. The first-order chi connectivity index (χ1) is 12.0. The lowest BCUT2D eigenvalue weighted by Gasteiger charge is -2.65. The molecule has 0 aliphatic heterocycles. The average molecular weight is 494 g/mol. The summed E-state index contributed by atoms with van der Waals surface area (Å²) in [5, 5.41) is 11.4. The Balaban J connectivity index is 1.74. The summed E-state index contributed by atoms with van der Waals surface area (Å²) in [6.07, 6.45) is 5.37. The summed E-state index contributed by atoms with van der Waals surface area (Å²) >= 11 is 7.07. The van der Waals surface area contributed by atoms with E-state index in [1.54, 1.807) is 0 Å². The van der Waals surface area contributed by atoms with Crippen LogP contribution in [0, 0.1) is 34.5 Å². The highest BCUT2D eigenvalue weighted by molar-refractivity contribution is 9.25. The molecule has 0 aromatic carbocycles. The van der Waals surface area contributed by atoms with Gasteiger partial charge in [-0.3, -0.25) is 4.79 Å². The molecule has 0 amide bonds. The van der Waals surface area contributed by atoms with Gasteiger partial charge in [0.25, 0.3) is 0 Å². The predicted octanol–water partition coefficient (Wildman–Crippen LogP) is 5.78. The standard InChI is InChI=1S/C21H31Br2FO2/c1-4-12-5-6-14-13-9-16(24)20(26)10-17(25)21(22,23)11-19(20,3)15(13)7-8-18(12,14)2/h12-16,26H,4-11H2,1-3H3/t12-,13-,14-,15-,16+,18+,19+,20-/m0/s1. The van der Waals surface area contributed by atoms with Gasteiger partial charge in [-0.15, -0.1) is 0 Å². The van der Waals surface area contributed by atoms with E-state index in [2.05, 4.69) is 52.6 Å². The third-order valence-electron chi connectivity index (χ3n) is 9.36. The number of fused-ring (bicyclic) bond motifs is 5. The van der Waals surface area contributed by atoms with Gasteiger partial charge in [0.05, 0.1) is 0 Å². The summed E-state index contributed by atoms with van der Waals surface area (Å²) in [4.78, 5) is 12.5. The molecule has 0 heterocycles. The maximum atomic E-state index is 15.5. The average Bonchev–Trinajstić information content (AvgIpc) is 2.88. The van der Waals surface area contributed by atoms with Gasteiger partial charge in [0.1, 0.15) is 15.0 Å². The lowest BCUT2D eigenvalue weighted by Crippen LogP contribution is -2.69. The van der Waals surface area contributed by atoms with Crippen LogP contribution in [0.2, 0.25) is 0 Å². The zero-order valence-corrected chi connectivity index (χ0v) is 19.2. The minimum Gasteiger partial charge on any atom is -0.386 e. The Kier molecular flexibility index (Phi) is 4.58. The summed E-state index contributed by atoms with van der Waals surface area (Å²) in [6.45, 7) is 6.78. The number of aliphatic hydroxyl groups is 1. The van der Waals surface area contributed by atoms with Gasteiger partial charge < -0.3 is 5.11 Å². The second kappa shape index (κ2) is 6.01. The first-order valence-electron chi connectivity index (χ1n) is 10.3. The van der Waals surface area contributed by atoms with Gasteiger partial charge in [-0.05, 0) is 67.6 Å². The number of hydrogen-bond donors (Lipinski definition) is 1.